The van der Waals surface area contributed by atoms with E-state index >= 15 is 0 Å². The van der Waals surface area contributed by atoms with Gasteiger partial charge in [0.15, 0.2) is 0 Å². The molecule has 1 heterocycles. The Hall–Kier alpha value is -1.17. The largest absolute Gasteiger partial charge is 0.326 e. The van der Waals surface area contributed by atoms with Crippen molar-refractivity contribution in [1.29, 1.82) is 0 Å². The predicted molar refractivity (Wildman–Crippen MR) is 97.2 cm³/mol. The summed E-state index contributed by atoms with van der Waals surface area (Å²) in [5.41, 5.74) is 0.776. The zero-order valence-corrected chi connectivity index (χ0v) is 14.8. The third kappa shape index (κ3) is 4.68. The molecular formula is C18H27ClFN3O. The van der Waals surface area contributed by atoms with Crippen LogP contribution in [-0.2, 0) is 4.79 Å². The van der Waals surface area contributed by atoms with Crippen LogP contribution in [0, 0.1) is 5.82 Å². The molecule has 1 aliphatic carbocycles. The van der Waals surface area contributed by atoms with Gasteiger partial charge in [-0.1, -0.05) is 25.3 Å². The molecule has 2 N–H and O–H groups in total. The van der Waals surface area contributed by atoms with Crippen LogP contribution in [0.25, 0.3) is 0 Å². The molecule has 6 heteroatoms. The van der Waals surface area contributed by atoms with Gasteiger partial charge in [0.1, 0.15) is 5.82 Å². The van der Waals surface area contributed by atoms with Crippen LogP contribution in [0.1, 0.15) is 38.5 Å². The van der Waals surface area contributed by atoms with Crippen LogP contribution in [0.3, 0.4) is 0 Å². The second-order valence-corrected chi connectivity index (χ2v) is 6.76. The number of hydrogen-bond donors (Lipinski definition) is 2. The van der Waals surface area contributed by atoms with Gasteiger partial charge in [-0.25, -0.2) is 4.39 Å². The molecule has 2 aliphatic rings. The molecule has 0 unspecified atom stereocenters. The lowest BCUT2D eigenvalue weighted by molar-refractivity contribution is -0.117. The number of nitrogens with one attached hydrogen (secondary N) is 2. The summed E-state index contributed by atoms with van der Waals surface area (Å²) >= 11 is 0. The monoisotopic (exact) mass is 355 g/mol. The second kappa shape index (κ2) is 8.79. The van der Waals surface area contributed by atoms with Crippen molar-refractivity contribution in [3.8, 4) is 0 Å². The van der Waals surface area contributed by atoms with Gasteiger partial charge in [0.25, 0.3) is 0 Å². The van der Waals surface area contributed by atoms with Crippen molar-refractivity contribution in [1.82, 2.24) is 10.2 Å². The average molecular weight is 356 g/mol. The SMILES string of the molecule is Cl.O=C(CCN1CCNCC12CCCCC2)Nc1cccc(F)c1. The molecule has 0 radical (unpaired) electrons. The molecule has 1 saturated heterocycles. The maximum absolute atomic E-state index is 13.2. The number of hydrogen-bond acceptors (Lipinski definition) is 3. The lowest BCUT2D eigenvalue weighted by Gasteiger charge is -2.50. The molecule has 1 aliphatic heterocycles. The Morgan fingerprint density at radius 2 is 2.08 bits per heavy atom. The van der Waals surface area contributed by atoms with Crippen molar-refractivity contribution in [3.63, 3.8) is 0 Å². The molecule has 134 valence electrons. The topological polar surface area (TPSA) is 44.4 Å². The summed E-state index contributed by atoms with van der Waals surface area (Å²) in [7, 11) is 0. The molecule has 1 aromatic rings. The fourth-order valence-electron chi connectivity index (χ4n) is 3.96. The smallest absolute Gasteiger partial charge is 0.225 e. The van der Waals surface area contributed by atoms with E-state index in [1.165, 1.54) is 44.2 Å². The van der Waals surface area contributed by atoms with Crippen molar-refractivity contribution < 1.29 is 9.18 Å². The normalized spacial score (nSPS) is 20.4. The molecular weight excluding hydrogens is 329 g/mol. The van der Waals surface area contributed by atoms with E-state index in [9.17, 15) is 9.18 Å². The molecule has 0 bridgehead atoms. The highest BCUT2D eigenvalue weighted by Gasteiger charge is 2.39. The summed E-state index contributed by atoms with van der Waals surface area (Å²) in [6.07, 6.45) is 6.81. The summed E-state index contributed by atoms with van der Waals surface area (Å²) in [5.74, 6) is -0.369. The van der Waals surface area contributed by atoms with Crippen LogP contribution in [0.4, 0.5) is 10.1 Å². The van der Waals surface area contributed by atoms with Crippen LogP contribution in [0.15, 0.2) is 24.3 Å². The van der Waals surface area contributed by atoms with E-state index in [0.717, 1.165) is 26.2 Å². The average Bonchev–Trinajstić information content (AvgIpc) is 2.55. The molecule has 1 aromatic carbocycles. The third-order valence-electron chi connectivity index (χ3n) is 5.18. The predicted octanol–water partition coefficient (Wildman–Crippen LogP) is 3.18. The molecule has 0 atom stereocenters. The maximum atomic E-state index is 13.2. The number of rotatable bonds is 4. The quantitative estimate of drug-likeness (QED) is 0.871. The fraction of sp³-hybridized carbons (Fsp3) is 0.611. The Balaban J connectivity index is 0.00000208. The first-order valence-corrected chi connectivity index (χ1v) is 8.69. The van der Waals surface area contributed by atoms with E-state index in [-0.39, 0.29) is 29.7 Å². The third-order valence-corrected chi connectivity index (χ3v) is 5.18. The fourth-order valence-corrected chi connectivity index (χ4v) is 3.96. The van der Waals surface area contributed by atoms with Crippen LogP contribution in [0.5, 0.6) is 0 Å². The molecule has 4 nitrogen and oxygen atoms in total. The Kier molecular flexibility index (Phi) is 7.02. The molecule has 1 spiro atoms. The highest BCUT2D eigenvalue weighted by Crippen LogP contribution is 2.34. The Morgan fingerprint density at radius 1 is 1.29 bits per heavy atom. The Morgan fingerprint density at radius 3 is 2.83 bits per heavy atom. The van der Waals surface area contributed by atoms with Crippen LogP contribution >= 0.6 is 12.4 Å². The summed E-state index contributed by atoms with van der Waals surface area (Å²) in [6.45, 7) is 3.82. The minimum absolute atomic E-state index is 0. The molecule has 1 saturated carbocycles. The zero-order chi connectivity index (χ0) is 16.1. The minimum Gasteiger partial charge on any atom is -0.326 e. The van der Waals surface area contributed by atoms with E-state index in [0.29, 0.717) is 12.1 Å². The summed E-state index contributed by atoms with van der Waals surface area (Å²) < 4.78 is 13.2. The van der Waals surface area contributed by atoms with Gasteiger partial charge in [0.05, 0.1) is 0 Å². The van der Waals surface area contributed by atoms with E-state index in [2.05, 4.69) is 15.5 Å². The molecule has 2 fully saturated rings. The van der Waals surface area contributed by atoms with Crippen molar-refractivity contribution in [3.05, 3.63) is 30.1 Å². The van der Waals surface area contributed by atoms with Gasteiger partial charge in [-0.3, -0.25) is 9.69 Å². The number of carbonyl (C=O) groups excluding carboxylic acids is 1. The molecule has 3 rings (SSSR count). The van der Waals surface area contributed by atoms with Gasteiger partial charge in [0, 0.05) is 43.8 Å². The number of amides is 1. The molecule has 0 aromatic heterocycles. The van der Waals surface area contributed by atoms with Crippen molar-refractivity contribution in [2.45, 2.75) is 44.1 Å². The number of benzene rings is 1. The minimum atomic E-state index is -0.328. The highest BCUT2D eigenvalue weighted by molar-refractivity contribution is 5.90. The van der Waals surface area contributed by atoms with Gasteiger partial charge in [-0.2, -0.15) is 0 Å². The van der Waals surface area contributed by atoms with Crippen molar-refractivity contribution >= 4 is 24.0 Å². The Bertz CT molecular complexity index is 541. The number of nitrogens with zero attached hydrogens (tertiary/aromatic N) is 1. The first-order valence-electron chi connectivity index (χ1n) is 8.69. The molecule has 1 amide bonds. The maximum Gasteiger partial charge on any atom is 0.225 e. The number of anilines is 1. The second-order valence-electron chi connectivity index (χ2n) is 6.76. The standard InChI is InChI=1S/C18H26FN3O.ClH/c19-15-5-4-6-16(13-15)21-17(23)7-11-22-12-10-20-14-18(22)8-2-1-3-9-18;/h4-6,13,20H,1-3,7-12,14H2,(H,21,23);1H. The van der Waals surface area contributed by atoms with E-state index in [4.69, 9.17) is 0 Å². The zero-order valence-electron chi connectivity index (χ0n) is 14.0. The van der Waals surface area contributed by atoms with Gasteiger partial charge in [-0.05, 0) is 31.0 Å². The van der Waals surface area contributed by atoms with Crippen LogP contribution in [-0.4, -0.2) is 42.5 Å². The van der Waals surface area contributed by atoms with E-state index in [1.54, 1.807) is 12.1 Å². The summed E-state index contributed by atoms with van der Waals surface area (Å²) in [6, 6.07) is 6.06. The van der Waals surface area contributed by atoms with Crippen LogP contribution in [0.2, 0.25) is 0 Å². The van der Waals surface area contributed by atoms with Gasteiger partial charge in [0.2, 0.25) is 5.91 Å². The summed E-state index contributed by atoms with van der Waals surface area (Å²) in [5, 5.41) is 6.32. The number of carbonyl (C=O) groups is 1. The number of piperazine rings is 1. The van der Waals surface area contributed by atoms with Gasteiger partial charge < -0.3 is 10.6 Å². The molecule has 24 heavy (non-hydrogen) atoms. The highest BCUT2D eigenvalue weighted by atomic mass is 35.5. The van der Waals surface area contributed by atoms with E-state index < -0.39 is 0 Å². The lowest BCUT2D eigenvalue weighted by Crippen LogP contribution is -2.62. The van der Waals surface area contributed by atoms with Crippen molar-refractivity contribution in [2.75, 3.05) is 31.5 Å². The van der Waals surface area contributed by atoms with Crippen molar-refractivity contribution in [2.24, 2.45) is 0 Å². The lowest BCUT2D eigenvalue weighted by atomic mass is 9.79. The van der Waals surface area contributed by atoms with E-state index in [1.807, 2.05) is 0 Å². The number of halogens is 2. The first kappa shape index (κ1) is 19.2. The Labute approximate surface area is 149 Å². The van der Waals surface area contributed by atoms with Crippen LogP contribution < -0.4 is 10.6 Å². The summed E-state index contributed by atoms with van der Waals surface area (Å²) in [4.78, 5) is 14.7. The first-order chi connectivity index (χ1) is 11.2. The van der Waals surface area contributed by atoms with Gasteiger partial charge in [-0.15, -0.1) is 12.4 Å². The van der Waals surface area contributed by atoms with Gasteiger partial charge >= 0.3 is 0 Å².